The zero-order valence-electron chi connectivity index (χ0n) is 8.99. The lowest BCUT2D eigenvalue weighted by Crippen LogP contribution is -2.31. The highest BCUT2D eigenvalue weighted by molar-refractivity contribution is 5.86. The molecule has 80 valence electrons. The first-order chi connectivity index (χ1) is 6.59. The van der Waals surface area contributed by atoms with Crippen molar-refractivity contribution in [2.75, 3.05) is 19.6 Å². The number of carboxylic acids is 1. The van der Waals surface area contributed by atoms with Gasteiger partial charge in [-0.1, -0.05) is 19.9 Å². The summed E-state index contributed by atoms with van der Waals surface area (Å²) in [5.41, 5.74) is 0.575. The summed E-state index contributed by atoms with van der Waals surface area (Å²) in [4.78, 5) is 13.0. The normalized spacial score (nSPS) is 18.4. The van der Waals surface area contributed by atoms with Gasteiger partial charge in [0.05, 0.1) is 0 Å². The maximum atomic E-state index is 10.6. The van der Waals surface area contributed by atoms with Gasteiger partial charge in [0.2, 0.25) is 0 Å². The monoisotopic (exact) mass is 197 g/mol. The molecule has 0 unspecified atom stereocenters. The Morgan fingerprint density at radius 3 is 2.79 bits per heavy atom. The van der Waals surface area contributed by atoms with Crippen LogP contribution in [-0.2, 0) is 4.79 Å². The molecule has 0 radical (unpaired) electrons. The second-order valence-electron chi connectivity index (χ2n) is 4.27. The maximum absolute atomic E-state index is 10.6. The Labute approximate surface area is 85.4 Å². The molecule has 0 aromatic rings. The topological polar surface area (TPSA) is 40.5 Å². The van der Waals surface area contributed by atoms with Crippen LogP contribution in [0.15, 0.2) is 11.6 Å². The van der Waals surface area contributed by atoms with E-state index in [0.29, 0.717) is 12.0 Å². The zero-order chi connectivity index (χ0) is 10.6. The molecule has 14 heavy (non-hydrogen) atoms. The molecule has 0 atom stereocenters. The molecule has 3 heteroatoms. The molecule has 0 saturated heterocycles. The van der Waals surface area contributed by atoms with Gasteiger partial charge in [-0.25, -0.2) is 4.79 Å². The largest absolute Gasteiger partial charge is 0.478 e. The Balaban J connectivity index is 2.31. The minimum absolute atomic E-state index is 0.575. The molecule has 1 aliphatic heterocycles. The summed E-state index contributed by atoms with van der Waals surface area (Å²) in [6.07, 6.45) is 3.72. The minimum Gasteiger partial charge on any atom is -0.478 e. The van der Waals surface area contributed by atoms with Crippen molar-refractivity contribution in [3.8, 4) is 0 Å². The van der Waals surface area contributed by atoms with E-state index in [-0.39, 0.29) is 0 Å². The quantitative estimate of drug-likeness (QED) is 0.746. The first-order valence-corrected chi connectivity index (χ1v) is 5.24. The lowest BCUT2D eigenvalue weighted by atomic mass is 10.1. The molecule has 1 N–H and O–H groups in total. The molecule has 0 saturated carbocycles. The molecule has 3 nitrogen and oxygen atoms in total. The summed E-state index contributed by atoms with van der Waals surface area (Å²) in [6.45, 7) is 7.20. The maximum Gasteiger partial charge on any atom is 0.331 e. The second kappa shape index (κ2) is 5.15. The number of carboxylic acid groups (broad SMARTS) is 1. The van der Waals surface area contributed by atoms with Crippen LogP contribution in [0.2, 0.25) is 0 Å². The van der Waals surface area contributed by atoms with Gasteiger partial charge in [0, 0.05) is 18.7 Å². The summed E-state index contributed by atoms with van der Waals surface area (Å²) in [7, 11) is 0. The SMILES string of the molecule is CC(C)CCN1CC=C(C(=O)O)CC1. The third-order valence-corrected chi connectivity index (χ3v) is 2.59. The van der Waals surface area contributed by atoms with Crippen molar-refractivity contribution in [1.29, 1.82) is 0 Å². The Kier molecular flexibility index (Phi) is 4.14. The van der Waals surface area contributed by atoms with Gasteiger partial charge in [-0.2, -0.15) is 0 Å². The van der Waals surface area contributed by atoms with Crippen LogP contribution in [0.1, 0.15) is 26.7 Å². The van der Waals surface area contributed by atoms with Crippen LogP contribution in [0.25, 0.3) is 0 Å². The molecule has 1 aliphatic rings. The summed E-state index contributed by atoms with van der Waals surface area (Å²) in [6, 6.07) is 0. The molecular formula is C11H19NO2. The predicted octanol–water partition coefficient (Wildman–Crippen LogP) is 1.75. The first kappa shape index (κ1) is 11.2. The van der Waals surface area contributed by atoms with Crippen molar-refractivity contribution >= 4 is 5.97 Å². The van der Waals surface area contributed by atoms with Gasteiger partial charge >= 0.3 is 5.97 Å². The molecule has 1 rings (SSSR count). The Hall–Kier alpha value is -0.830. The van der Waals surface area contributed by atoms with E-state index in [9.17, 15) is 4.79 Å². The standard InChI is InChI=1S/C11H19NO2/c1-9(2)3-6-12-7-4-10(5-8-12)11(13)14/h4,9H,3,5-8H2,1-2H3,(H,13,14). The fourth-order valence-corrected chi connectivity index (χ4v) is 1.55. The number of carbonyl (C=O) groups is 1. The van der Waals surface area contributed by atoms with Gasteiger partial charge < -0.3 is 5.11 Å². The lowest BCUT2D eigenvalue weighted by molar-refractivity contribution is -0.133. The average Bonchev–Trinajstić information content (AvgIpc) is 2.15. The van der Waals surface area contributed by atoms with E-state index in [2.05, 4.69) is 18.7 Å². The highest BCUT2D eigenvalue weighted by Crippen LogP contribution is 2.12. The van der Waals surface area contributed by atoms with E-state index in [4.69, 9.17) is 5.11 Å². The van der Waals surface area contributed by atoms with Gasteiger partial charge in [-0.3, -0.25) is 4.90 Å². The summed E-state index contributed by atoms with van der Waals surface area (Å²) in [5.74, 6) is -0.0339. The van der Waals surface area contributed by atoms with Crippen LogP contribution < -0.4 is 0 Å². The van der Waals surface area contributed by atoms with Crippen LogP contribution in [0, 0.1) is 5.92 Å². The van der Waals surface area contributed by atoms with E-state index in [1.807, 2.05) is 6.08 Å². The van der Waals surface area contributed by atoms with E-state index < -0.39 is 5.97 Å². The van der Waals surface area contributed by atoms with Crippen LogP contribution in [0.5, 0.6) is 0 Å². The smallest absolute Gasteiger partial charge is 0.331 e. The number of aliphatic carboxylic acids is 1. The van der Waals surface area contributed by atoms with Crippen LogP contribution in [0.3, 0.4) is 0 Å². The van der Waals surface area contributed by atoms with Gasteiger partial charge in [0.1, 0.15) is 0 Å². The van der Waals surface area contributed by atoms with Crippen LogP contribution in [0.4, 0.5) is 0 Å². The number of hydrogen-bond acceptors (Lipinski definition) is 2. The van der Waals surface area contributed by atoms with Crippen LogP contribution >= 0.6 is 0 Å². The molecule has 0 amide bonds. The van der Waals surface area contributed by atoms with Crippen LogP contribution in [-0.4, -0.2) is 35.6 Å². The van der Waals surface area contributed by atoms with Gasteiger partial charge in [0.25, 0.3) is 0 Å². The second-order valence-corrected chi connectivity index (χ2v) is 4.27. The molecular weight excluding hydrogens is 178 g/mol. The van der Waals surface area contributed by atoms with E-state index in [1.54, 1.807) is 0 Å². The van der Waals surface area contributed by atoms with Crippen molar-refractivity contribution in [2.24, 2.45) is 5.92 Å². The lowest BCUT2D eigenvalue weighted by Gasteiger charge is -2.25. The van der Waals surface area contributed by atoms with Crippen molar-refractivity contribution in [3.63, 3.8) is 0 Å². The number of rotatable bonds is 4. The summed E-state index contributed by atoms with van der Waals surface area (Å²) >= 11 is 0. The number of nitrogens with zero attached hydrogens (tertiary/aromatic N) is 1. The predicted molar refractivity (Wildman–Crippen MR) is 56.2 cm³/mol. The fraction of sp³-hybridized carbons (Fsp3) is 0.727. The van der Waals surface area contributed by atoms with Gasteiger partial charge in [0.15, 0.2) is 0 Å². The highest BCUT2D eigenvalue weighted by atomic mass is 16.4. The molecule has 0 bridgehead atoms. The molecule has 0 aromatic heterocycles. The Morgan fingerprint density at radius 2 is 2.36 bits per heavy atom. The summed E-state index contributed by atoms with van der Waals surface area (Å²) in [5, 5.41) is 8.76. The van der Waals surface area contributed by atoms with Crippen molar-refractivity contribution < 1.29 is 9.90 Å². The van der Waals surface area contributed by atoms with Crippen molar-refractivity contribution in [3.05, 3.63) is 11.6 Å². The summed E-state index contributed by atoms with van der Waals surface area (Å²) < 4.78 is 0. The van der Waals surface area contributed by atoms with Gasteiger partial charge in [-0.05, 0) is 25.3 Å². The molecule has 1 heterocycles. The Bertz CT molecular complexity index is 233. The van der Waals surface area contributed by atoms with Crippen molar-refractivity contribution in [2.45, 2.75) is 26.7 Å². The zero-order valence-corrected chi connectivity index (χ0v) is 8.99. The Morgan fingerprint density at radius 1 is 1.64 bits per heavy atom. The fourth-order valence-electron chi connectivity index (χ4n) is 1.55. The third-order valence-electron chi connectivity index (χ3n) is 2.59. The third kappa shape index (κ3) is 3.50. The van der Waals surface area contributed by atoms with Crippen molar-refractivity contribution in [1.82, 2.24) is 4.90 Å². The molecule has 0 aliphatic carbocycles. The van der Waals surface area contributed by atoms with Gasteiger partial charge in [-0.15, -0.1) is 0 Å². The molecule has 0 aromatic carbocycles. The average molecular weight is 197 g/mol. The minimum atomic E-state index is -0.756. The number of hydrogen-bond donors (Lipinski definition) is 1. The van der Waals surface area contributed by atoms with E-state index >= 15 is 0 Å². The van der Waals surface area contributed by atoms with E-state index in [0.717, 1.165) is 25.6 Å². The highest BCUT2D eigenvalue weighted by Gasteiger charge is 2.15. The van der Waals surface area contributed by atoms with E-state index in [1.165, 1.54) is 6.42 Å². The first-order valence-electron chi connectivity index (χ1n) is 5.24. The molecule has 0 fully saturated rings. The molecule has 0 spiro atoms.